The van der Waals surface area contributed by atoms with Gasteiger partial charge in [-0.05, 0) is 55.6 Å². The Kier molecular flexibility index (Phi) is 7.29. The first-order valence-corrected chi connectivity index (χ1v) is 12.2. The largest absolute Gasteiger partial charge is 0.304 e. The van der Waals surface area contributed by atoms with E-state index in [2.05, 4.69) is 121 Å². The van der Waals surface area contributed by atoms with Gasteiger partial charge in [-0.1, -0.05) is 109 Å². The Morgan fingerprint density at radius 1 is 0.733 bits per heavy atom. The van der Waals surface area contributed by atoms with Crippen LogP contribution in [0.15, 0.2) is 109 Å². The molecule has 2 atom stereocenters. The molecule has 0 saturated heterocycles. The van der Waals surface area contributed by atoms with Crippen LogP contribution in [0.1, 0.15) is 37.8 Å². The SMILES string of the molecule is CC(N[C@H]1/C=C\CC/C=C\C1)c1ccccc1P(c1ccccc1)c1ccccc1. The van der Waals surface area contributed by atoms with Crippen LogP contribution >= 0.6 is 7.92 Å². The minimum Gasteiger partial charge on any atom is -0.304 e. The Morgan fingerprint density at radius 3 is 2.03 bits per heavy atom. The molecule has 30 heavy (non-hydrogen) atoms. The molecule has 0 aliphatic heterocycles. The van der Waals surface area contributed by atoms with Crippen molar-refractivity contribution in [1.82, 2.24) is 5.32 Å². The van der Waals surface area contributed by atoms with Gasteiger partial charge in [0.05, 0.1) is 0 Å². The summed E-state index contributed by atoms with van der Waals surface area (Å²) in [4.78, 5) is 0. The highest BCUT2D eigenvalue weighted by Crippen LogP contribution is 2.35. The summed E-state index contributed by atoms with van der Waals surface area (Å²) in [6, 6.07) is 31.6. The molecule has 3 aromatic rings. The minimum atomic E-state index is -0.604. The van der Waals surface area contributed by atoms with E-state index in [9.17, 15) is 0 Å². The van der Waals surface area contributed by atoms with Crippen LogP contribution in [0.5, 0.6) is 0 Å². The third kappa shape index (κ3) is 5.17. The Balaban J connectivity index is 1.69. The van der Waals surface area contributed by atoms with Crippen LogP contribution < -0.4 is 21.2 Å². The average molecular weight is 412 g/mol. The topological polar surface area (TPSA) is 12.0 Å². The first-order valence-electron chi connectivity index (χ1n) is 10.9. The molecule has 0 amide bonds. The Morgan fingerprint density at radius 2 is 1.33 bits per heavy atom. The van der Waals surface area contributed by atoms with Crippen LogP contribution in [0.4, 0.5) is 0 Å². The molecule has 0 aromatic heterocycles. The highest BCUT2D eigenvalue weighted by atomic mass is 31.1. The maximum absolute atomic E-state index is 3.87. The second-order valence-electron chi connectivity index (χ2n) is 7.77. The summed E-state index contributed by atoms with van der Waals surface area (Å²) in [6.45, 7) is 2.30. The van der Waals surface area contributed by atoms with Crippen molar-refractivity contribution in [2.45, 2.75) is 38.3 Å². The van der Waals surface area contributed by atoms with Crippen LogP contribution in [-0.4, -0.2) is 6.04 Å². The van der Waals surface area contributed by atoms with Crippen LogP contribution in [0.25, 0.3) is 0 Å². The maximum Gasteiger partial charge on any atom is 0.0304 e. The van der Waals surface area contributed by atoms with Crippen molar-refractivity contribution in [3.05, 3.63) is 115 Å². The van der Waals surface area contributed by atoms with Crippen molar-refractivity contribution < 1.29 is 0 Å². The molecule has 0 fully saturated rings. The molecule has 1 nitrogen and oxygen atoms in total. The summed E-state index contributed by atoms with van der Waals surface area (Å²) < 4.78 is 0. The Bertz CT molecular complexity index is 938. The van der Waals surface area contributed by atoms with Crippen LogP contribution in [0.2, 0.25) is 0 Å². The van der Waals surface area contributed by atoms with Gasteiger partial charge >= 0.3 is 0 Å². The highest BCUT2D eigenvalue weighted by Gasteiger charge is 2.22. The van der Waals surface area contributed by atoms with Gasteiger partial charge in [0.15, 0.2) is 0 Å². The van der Waals surface area contributed by atoms with E-state index in [1.54, 1.807) is 0 Å². The van der Waals surface area contributed by atoms with Gasteiger partial charge in [0.2, 0.25) is 0 Å². The molecule has 1 aliphatic carbocycles. The molecule has 1 unspecified atom stereocenters. The zero-order valence-corrected chi connectivity index (χ0v) is 18.5. The first kappa shape index (κ1) is 20.8. The third-order valence-corrected chi connectivity index (χ3v) is 8.08. The van der Waals surface area contributed by atoms with Gasteiger partial charge in [-0.2, -0.15) is 0 Å². The fourth-order valence-corrected chi connectivity index (χ4v) is 6.62. The molecule has 0 saturated carbocycles. The van der Waals surface area contributed by atoms with Crippen molar-refractivity contribution in [3.63, 3.8) is 0 Å². The van der Waals surface area contributed by atoms with E-state index in [4.69, 9.17) is 0 Å². The second-order valence-corrected chi connectivity index (χ2v) is 9.96. The predicted molar refractivity (Wildman–Crippen MR) is 133 cm³/mol. The average Bonchev–Trinajstić information content (AvgIpc) is 2.77. The molecule has 0 spiro atoms. The lowest BCUT2D eigenvalue weighted by Crippen LogP contribution is -2.33. The van der Waals surface area contributed by atoms with Gasteiger partial charge in [0, 0.05) is 12.1 Å². The number of hydrogen-bond donors (Lipinski definition) is 1. The molecule has 0 radical (unpaired) electrons. The van der Waals surface area contributed by atoms with E-state index >= 15 is 0 Å². The summed E-state index contributed by atoms with van der Waals surface area (Å²) in [7, 11) is -0.604. The molecule has 3 aromatic carbocycles. The summed E-state index contributed by atoms with van der Waals surface area (Å²) in [5.41, 5.74) is 1.40. The zero-order chi connectivity index (χ0) is 20.6. The van der Waals surface area contributed by atoms with Crippen LogP contribution in [0.3, 0.4) is 0 Å². The number of nitrogens with one attached hydrogen (secondary N) is 1. The van der Waals surface area contributed by atoms with E-state index in [-0.39, 0.29) is 6.04 Å². The molecule has 2 heteroatoms. The van der Waals surface area contributed by atoms with E-state index < -0.39 is 7.92 Å². The molecule has 0 bridgehead atoms. The molecular weight excluding hydrogens is 381 g/mol. The first-order chi connectivity index (χ1) is 14.8. The van der Waals surface area contributed by atoms with E-state index in [0.29, 0.717) is 6.04 Å². The number of hydrogen-bond acceptors (Lipinski definition) is 1. The molecule has 1 aliphatic rings. The zero-order valence-electron chi connectivity index (χ0n) is 17.6. The maximum atomic E-state index is 3.87. The molecular formula is C28H30NP. The lowest BCUT2D eigenvalue weighted by molar-refractivity contribution is 0.514. The number of allylic oxidation sites excluding steroid dienone is 2. The van der Waals surface area contributed by atoms with Gasteiger partial charge in [-0.25, -0.2) is 0 Å². The van der Waals surface area contributed by atoms with Gasteiger partial charge in [0.25, 0.3) is 0 Å². The second kappa shape index (κ2) is 10.5. The van der Waals surface area contributed by atoms with E-state index in [1.807, 2.05) is 0 Å². The van der Waals surface area contributed by atoms with E-state index in [0.717, 1.165) is 19.3 Å². The molecule has 0 heterocycles. The quantitative estimate of drug-likeness (QED) is 0.402. The van der Waals surface area contributed by atoms with Crippen molar-refractivity contribution in [3.8, 4) is 0 Å². The lowest BCUT2D eigenvalue weighted by atomic mass is 10.0. The molecule has 1 N–H and O–H groups in total. The van der Waals surface area contributed by atoms with Crippen molar-refractivity contribution in [1.29, 1.82) is 0 Å². The highest BCUT2D eigenvalue weighted by molar-refractivity contribution is 7.79. The van der Waals surface area contributed by atoms with Crippen LogP contribution in [0, 0.1) is 0 Å². The fraction of sp³-hybridized carbons (Fsp3) is 0.214. The normalized spacial score (nSPS) is 19.6. The Labute approximate surface area is 182 Å². The minimum absolute atomic E-state index is 0.279. The standard InChI is InChI=1S/C28H30NP/c1-23(29-24-15-7-3-2-4-8-16-24)27-21-13-14-22-28(27)30(25-17-9-5-10-18-25)26-19-11-6-12-20-26/h3,5-14,16-24,29H,2,4,15H2,1H3/b7-3-,16-8-/t23?,24-/m1/s1. The van der Waals surface area contributed by atoms with E-state index in [1.165, 1.54) is 21.5 Å². The number of benzene rings is 3. The summed E-state index contributed by atoms with van der Waals surface area (Å²) in [6.07, 6.45) is 12.6. The monoisotopic (exact) mass is 411 g/mol. The van der Waals surface area contributed by atoms with Crippen LogP contribution in [-0.2, 0) is 0 Å². The smallest absolute Gasteiger partial charge is 0.0304 e. The van der Waals surface area contributed by atoms with Crippen molar-refractivity contribution in [2.75, 3.05) is 0 Å². The Hall–Kier alpha value is -2.47. The summed E-state index contributed by atoms with van der Waals surface area (Å²) in [5, 5.41) is 8.10. The lowest BCUT2D eigenvalue weighted by Gasteiger charge is -2.27. The number of rotatable bonds is 6. The fourth-order valence-electron chi connectivity index (χ4n) is 4.07. The molecule has 152 valence electrons. The van der Waals surface area contributed by atoms with Gasteiger partial charge in [-0.3, -0.25) is 0 Å². The summed E-state index contributed by atoms with van der Waals surface area (Å²) >= 11 is 0. The van der Waals surface area contributed by atoms with Gasteiger partial charge < -0.3 is 5.32 Å². The third-order valence-electron chi connectivity index (χ3n) is 5.56. The molecule has 4 rings (SSSR count). The van der Waals surface area contributed by atoms with Gasteiger partial charge in [-0.15, -0.1) is 0 Å². The van der Waals surface area contributed by atoms with Crippen molar-refractivity contribution in [2.24, 2.45) is 0 Å². The van der Waals surface area contributed by atoms with Crippen molar-refractivity contribution >= 4 is 23.8 Å². The summed E-state index contributed by atoms with van der Waals surface area (Å²) in [5.74, 6) is 0. The van der Waals surface area contributed by atoms with Gasteiger partial charge in [0.1, 0.15) is 0 Å². The predicted octanol–water partition coefficient (Wildman–Crippen LogP) is 5.76.